The van der Waals surface area contributed by atoms with Gasteiger partial charge in [-0.3, -0.25) is 14.3 Å². The molecule has 0 radical (unpaired) electrons. The minimum atomic E-state index is 0.173. The van der Waals surface area contributed by atoms with Crippen LogP contribution in [0.5, 0.6) is 0 Å². The van der Waals surface area contributed by atoms with Crippen LogP contribution in [-0.2, 0) is 19.4 Å². The second kappa shape index (κ2) is 8.44. The predicted octanol–water partition coefficient (Wildman–Crippen LogP) is 3.56. The van der Waals surface area contributed by atoms with Gasteiger partial charge in [-0.25, -0.2) is 4.98 Å². The maximum Gasteiger partial charge on any atom is 0.256 e. The molecule has 7 heteroatoms. The van der Waals surface area contributed by atoms with E-state index in [9.17, 15) is 4.79 Å². The van der Waals surface area contributed by atoms with Crippen LogP contribution in [0.4, 0.5) is 5.69 Å². The minimum Gasteiger partial charge on any atom is -0.368 e. The molecule has 2 aliphatic rings. The monoisotopic (exact) mass is 420 g/mol. The molecule has 2 aromatic rings. The third-order valence-corrected chi connectivity index (χ3v) is 6.71. The second-order valence-electron chi connectivity index (χ2n) is 7.66. The van der Waals surface area contributed by atoms with Gasteiger partial charge in [0.25, 0.3) is 5.56 Å². The molecule has 2 aliphatic heterocycles. The normalized spacial score (nSPS) is 17.6. The molecule has 1 aromatic carbocycles. The van der Waals surface area contributed by atoms with Crippen LogP contribution in [0, 0.1) is 6.92 Å². The van der Waals surface area contributed by atoms with Crippen LogP contribution in [0.15, 0.2) is 23.0 Å². The molecule has 5 nitrogen and oxygen atoms in total. The van der Waals surface area contributed by atoms with Crippen LogP contribution < -0.4 is 10.5 Å². The van der Waals surface area contributed by atoms with Crippen molar-refractivity contribution in [3.63, 3.8) is 0 Å². The largest absolute Gasteiger partial charge is 0.368 e. The van der Waals surface area contributed by atoms with Crippen molar-refractivity contribution in [3.8, 4) is 0 Å². The van der Waals surface area contributed by atoms with Crippen molar-refractivity contribution in [2.45, 2.75) is 39.2 Å². The number of nitrogens with zero attached hydrogens (tertiary/aromatic N) is 4. The summed E-state index contributed by atoms with van der Waals surface area (Å²) in [5.41, 5.74) is 2.96. The fourth-order valence-corrected chi connectivity index (χ4v) is 4.65. The third kappa shape index (κ3) is 3.93. The summed E-state index contributed by atoms with van der Waals surface area (Å²) in [6, 6.07) is 5.78. The first-order chi connectivity index (χ1) is 13.5. The maximum atomic E-state index is 12.9. The maximum absolute atomic E-state index is 12.9. The molecule has 0 spiro atoms. The number of hydrogen-bond acceptors (Lipinski definition) is 4. The van der Waals surface area contributed by atoms with Gasteiger partial charge in [-0.1, -0.05) is 29.3 Å². The lowest BCUT2D eigenvalue weighted by Crippen LogP contribution is -2.47. The first-order valence-electron chi connectivity index (χ1n) is 10.0. The molecule has 0 aliphatic carbocycles. The Hall–Kier alpha value is -1.56. The molecular formula is C21H26Cl2N4O. The van der Waals surface area contributed by atoms with Crippen LogP contribution in [-0.4, -0.2) is 47.2 Å². The molecule has 1 aromatic heterocycles. The zero-order chi connectivity index (χ0) is 19.7. The van der Waals surface area contributed by atoms with Crippen molar-refractivity contribution in [2.75, 3.05) is 37.6 Å². The molecule has 4 rings (SSSR count). The molecule has 3 heterocycles. The summed E-state index contributed by atoms with van der Waals surface area (Å²) in [4.78, 5) is 22.3. The lowest BCUT2D eigenvalue weighted by molar-refractivity contribution is 0.260. The van der Waals surface area contributed by atoms with Crippen LogP contribution >= 0.6 is 23.2 Å². The van der Waals surface area contributed by atoms with Crippen molar-refractivity contribution in [1.82, 2.24) is 14.5 Å². The van der Waals surface area contributed by atoms with Crippen molar-refractivity contribution in [3.05, 3.63) is 55.7 Å². The molecule has 0 unspecified atom stereocenters. The van der Waals surface area contributed by atoms with E-state index in [4.69, 9.17) is 28.2 Å². The number of benzene rings is 1. The van der Waals surface area contributed by atoms with Crippen LogP contribution in [0.25, 0.3) is 0 Å². The number of halogens is 2. The Balaban J connectivity index is 1.39. The van der Waals surface area contributed by atoms with E-state index in [2.05, 4.69) is 9.80 Å². The van der Waals surface area contributed by atoms with Crippen LogP contribution in [0.3, 0.4) is 0 Å². The van der Waals surface area contributed by atoms with E-state index in [1.54, 1.807) is 0 Å². The zero-order valence-electron chi connectivity index (χ0n) is 16.3. The molecule has 0 amide bonds. The lowest BCUT2D eigenvalue weighted by atomic mass is 10.1. The van der Waals surface area contributed by atoms with E-state index < -0.39 is 0 Å². The van der Waals surface area contributed by atoms with Gasteiger partial charge in [0.1, 0.15) is 5.82 Å². The van der Waals surface area contributed by atoms with Gasteiger partial charge >= 0.3 is 0 Å². The molecule has 28 heavy (non-hydrogen) atoms. The van der Waals surface area contributed by atoms with Gasteiger partial charge in [0.2, 0.25) is 0 Å². The number of aryl methyl sites for hydroxylation is 2. The van der Waals surface area contributed by atoms with E-state index in [0.717, 1.165) is 87.7 Å². The van der Waals surface area contributed by atoms with Gasteiger partial charge in [-0.15, -0.1) is 0 Å². The average Bonchev–Trinajstić information content (AvgIpc) is 2.70. The van der Waals surface area contributed by atoms with E-state index >= 15 is 0 Å². The Kier molecular flexibility index (Phi) is 5.95. The summed E-state index contributed by atoms with van der Waals surface area (Å²) < 4.78 is 1.89. The van der Waals surface area contributed by atoms with Crippen molar-refractivity contribution in [1.29, 1.82) is 0 Å². The van der Waals surface area contributed by atoms with E-state index in [1.165, 1.54) is 0 Å². The van der Waals surface area contributed by atoms with Gasteiger partial charge in [-0.2, -0.15) is 0 Å². The minimum absolute atomic E-state index is 0.173. The lowest BCUT2D eigenvalue weighted by Gasteiger charge is -2.36. The number of fused-ring (bicyclic) bond motifs is 1. The predicted molar refractivity (Wildman–Crippen MR) is 115 cm³/mol. The fourth-order valence-electron chi connectivity index (χ4n) is 4.24. The van der Waals surface area contributed by atoms with Crippen molar-refractivity contribution in [2.24, 2.45) is 0 Å². The molecule has 150 valence electrons. The number of aromatic nitrogens is 2. The van der Waals surface area contributed by atoms with Crippen LogP contribution in [0.2, 0.25) is 10.0 Å². The number of rotatable bonds is 4. The highest BCUT2D eigenvalue weighted by atomic mass is 35.5. The van der Waals surface area contributed by atoms with E-state index in [1.807, 2.05) is 29.7 Å². The fraction of sp³-hybridized carbons (Fsp3) is 0.524. The van der Waals surface area contributed by atoms with E-state index in [-0.39, 0.29) is 5.56 Å². The Morgan fingerprint density at radius 3 is 2.64 bits per heavy atom. The Labute approximate surface area is 175 Å². The van der Waals surface area contributed by atoms with Crippen molar-refractivity contribution >= 4 is 28.9 Å². The average molecular weight is 421 g/mol. The molecular weight excluding hydrogens is 395 g/mol. The Bertz CT molecular complexity index is 919. The van der Waals surface area contributed by atoms with Gasteiger partial charge < -0.3 is 4.90 Å². The number of anilines is 1. The van der Waals surface area contributed by atoms with Crippen molar-refractivity contribution < 1.29 is 0 Å². The summed E-state index contributed by atoms with van der Waals surface area (Å²) in [6.45, 7) is 7.37. The Morgan fingerprint density at radius 2 is 1.86 bits per heavy atom. The summed E-state index contributed by atoms with van der Waals surface area (Å²) in [5.74, 6) is 0.963. The first kappa shape index (κ1) is 19.7. The molecule has 0 atom stereocenters. The quantitative estimate of drug-likeness (QED) is 0.757. The molecule has 1 saturated heterocycles. The standard InChI is InChI=1S/C21H26Cl2N4O/c1-15-16(21(28)27-9-3-2-7-19(27)24-15)8-10-25-11-13-26(14-12-25)18-6-4-5-17(22)20(18)23/h4-6H,2-3,7-14H2,1H3. The van der Waals surface area contributed by atoms with Gasteiger partial charge in [0, 0.05) is 56.9 Å². The van der Waals surface area contributed by atoms with Gasteiger partial charge in [-0.05, 0) is 38.3 Å². The summed E-state index contributed by atoms with van der Waals surface area (Å²) >= 11 is 12.5. The smallest absolute Gasteiger partial charge is 0.256 e. The second-order valence-corrected chi connectivity index (χ2v) is 8.44. The number of hydrogen-bond donors (Lipinski definition) is 0. The molecule has 1 fully saturated rings. The first-order valence-corrected chi connectivity index (χ1v) is 10.8. The number of piperazine rings is 1. The molecule has 0 bridgehead atoms. The summed E-state index contributed by atoms with van der Waals surface area (Å²) in [6.07, 6.45) is 3.89. The third-order valence-electron chi connectivity index (χ3n) is 5.90. The van der Waals surface area contributed by atoms with E-state index in [0.29, 0.717) is 10.0 Å². The summed E-state index contributed by atoms with van der Waals surface area (Å²) in [5, 5.41) is 1.22. The molecule has 0 saturated carbocycles. The summed E-state index contributed by atoms with van der Waals surface area (Å²) in [7, 11) is 0. The SMILES string of the molecule is Cc1nc2n(c(=O)c1CCN1CCN(c3cccc(Cl)c3Cl)CC1)CCCC2. The molecule has 0 N–H and O–H groups in total. The highest BCUT2D eigenvalue weighted by Gasteiger charge is 2.21. The van der Waals surface area contributed by atoms with Crippen LogP contribution in [0.1, 0.15) is 29.9 Å². The topological polar surface area (TPSA) is 41.4 Å². The zero-order valence-corrected chi connectivity index (χ0v) is 17.8. The van der Waals surface area contributed by atoms with Gasteiger partial charge in [0.05, 0.1) is 15.7 Å². The highest BCUT2D eigenvalue weighted by molar-refractivity contribution is 6.43. The highest BCUT2D eigenvalue weighted by Crippen LogP contribution is 2.32. The Morgan fingerprint density at radius 1 is 1.07 bits per heavy atom. The van der Waals surface area contributed by atoms with Gasteiger partial charge in [0.15, 0.2) is 0 Å².